The Kier molecular flexibility index (Phi) is 5.58. The summed E-state index contributed by atoms with van der Waals surface area (Å²) in [6.07, 6.45) is 1.18. The Morgan fingerprint density at radius 3 is 2.61 bits per heavy atom. The maximum atomic E-state index is 11.6. The summed E-state index contributed by atoms with van der Waals surface area (Å²) in [5.41, 5.74) is 0.609. The first-order chi connectivity index (χ1) is 11.0. The number of nitrogens with one attached hydrogen (secondary N) is 1. The van der Waals surface area contributed by atoms with E-state index in [9.17, 15) is 9.59 Å². The molecule has 1 heterocycles. The zero-order valence-electron chi connectivity index (χ0n) is 12.5. The van der Waals surface area contributed by atoms with Gasteiger partial charge in [0, 0.05) is 0 Å². The van der Waals surface area contributed by atoms with Crippen molar-refractivity contribution >= 4 is 35.0 Å². The van der Waals surface area contributed by atoms with Crippen molar-refractivity contribution in [1.29, 1.82) is 0 Å². The first-order valence-corrected chi connectivity index (χ1v) is 7.44. The summed E-state index contributed by atoms with van der Waals surface area (Å²) in [5, 5.41) is 18.6. The van der Waals surface area contributed by atoms with Crippen LogP contribution in [0.4, 0.5) is 0 Å². The van der Waals surface area contributed by atoms with E-state index in [4.69, 9.17) is 14.6 Å². The molecule has 1 aromatic carbocycles. The fourth-order valence-electron chi connectivity index (χ4n) is 1.89. The minimum absolute atomic E-state index is 0.256. The van der Waals surface area contributed by atoms with Crippen molar-refractivity contribution in [3.05, 3.63) is 23.8 Å². The van der Waals surface area contributed by atoms with Gasteiger partial charge in [-0.2, -0.15) is 5.10 Å². The zero-order chi connectivity index (χ0) is 16.8. The van der Waals surface area contributed by atoms with Gasteiger partial charge in [0.05, 0.1) is 32.4 Å². The van der Waals surface area contributed by atoms with Crippen LogP contribution in [0.15, 0.2) is 28.4 Å². The molecule has 0 aliphatic carbocycles. The molecule has 1 aliphatic heterocycles. The normalized spacial score (nSPS) is 19.1. The summed E-state index contributed by atoms with van der Waals surface area (Å²) < 4.78 is 10.5. The molecule has 23 heavy (non-hydrogen) atoms. The van der Waals surface area contributed by atoms with Gasteiger partial charge in [-0.15, -0.1) is 5.10 Å². The van der Waals surface area contributed by atoms with Crippen molar-refractivity contribution < 1.29 is 24.2 Å². The smallest absolute Gasteiger partial charge is 0.305 e. The fourth-order valence-corrected chi connectivity index (χ4v) is 2.81. The van der Waals surface area contributed by atoms with Gasteiger partial charge in [-0.3, -0.25) is 9.59 Å². The zero-order valence-corrected chi connectivity index (χ0v) is 13.3. The lowest BCUT2D eigenvalue weighted by molar-refractivity contribution is -0.138. The number of hydrogen-bond acceptors (Lipinski definition) is 7. The van der Waals surface area contributed by atoms with Crippen LogP contribution >= 0.6 is 11.8 Å². The summed E-state index contributed by atoms with van der Waals surface area (Å²) in [5.74, 6) is -0.289. The van der Waals surface area contributed by atoms with Crippen molar-refractivity contribution in [2.24, 2.45) is 10.2 Å². The SMILES string of the molecule is COc1cccc(OC)c1C=NN=C1NC(=O)C(CC(=O)O)S1. The van der Waals surface area contributed by atoms with Crippen LogP contribution in [0, 0.1) is 0 Å². The highest BCUT2D eigenvalue weighted by Crippen LogP contribution is 2.26. The predicted molar refractivity (Wildman–Crippen MR) is 86.3 cm³/mol. The Balaban J connectivity index is 2.13. The maximum Gasteiger partial charge on any atom is 0.305 e. The lowest BCUT2D eigenvalue weighted by Gasteiger charge is -2.08. The summed E-state index contributed by atoms with van der Waals surface area (Å²) in [6, 6.07) is 5.29. The van der Waals surface area contributed by atoms with Gasteiger partial charge in [0.25, 0.3) is 0 Å². The van der Waals surface area contributed by atoms with E-state index < -0.39 is 11.2 Å². The van der Waals surface area contributed by atoms with E-state index in [0.29, 0.717) is 17.1 Å². The third-order valence-corrected chi connectivity index (χ3v) is 4.01. The van der Waals surface area contributed by atoms with Crippen LogP contribution in [0.3, 0.4) is 0 Å². The minimum atomic E-state index is -1.04. The number of aliphatic carboxylic acids is 1. The van der Waals surface area contributed by atoms with E-state index >= 15 is 0 Å². The molecule has 9 heteroatoms. The number of carbonyl (C=O) groups excluding carboxylic acids is 1. The molecule has 1 saturated heterocycles. The molecular weight excluding hydrogens is 322 g/mol. The number of amides is 1. The Bertz CT molecular complexity index is 652. The van der Waals surface area contributed by atoms with E-state index in [1.807, 2.05) is 0 Å². The van der Waals surface area contributed by atoms with Crippen molar-refractivity contribution in [3.8, 4) is 11.5 Å². The summed E-state index contributed by atoms with van der Waals surface area (Å²) >= 11 is 1.03. The Labute approximate surface area is 136 Å². The summed E-state index contributed by atoms with van der Waals surface area (Å²) in [4.78, 5) is 22.2. The second-order valence-corrected chi connectivity index (χ2v) is 5.61. The number of methoxy groups -OCH3 is 2. The second-order valence-electron chi connectivity index (χ2n) is 4.42. The van der Waals surface area contributed by atoms with Crippen LogP contribution in [0.25, 0.3) is 0 Å². The van der Waals surface area contributed by atoms with Crippen molar-refractivity contribution in [3.63, 3.8) is 0 Å². The van der Waals surface area contributed by atoms with E-state index in [0.717, 1.165) is 11.8 Å². The van der Waals surface area contributed by atoms with Gasteiger partial charge in [0.2, 0.25) is 5.91 Å². The predicted octanol–water partition coefficient (Wildman–Crippen LogP) is 1.10. The number of carboxylic acid groups (broad SMARTS) is 1. The van der Waals surface area contributed by atoms with Gasteiger partial charge in [0.15, 0.2) is 5.17 Å². The standard InChI is InChI=1S/C14H15N3O5S/c1-21-9-4-3-5-10(22-2)8(9)7-15-17-14-16-13(20)11(23-14)6-12(18)19/h3-5,7,11H,6H2,1-2H3,(H,18,19)(H,16,17,20). The highest BCUT2D eigenvalue weighted by Gasteiger charge is 2.32. The van der Waals surface area contributed by atoms with Crippen LogP contribution in [-0.4, -0.2) is 47.8 Å². The van der Waals surface area contributed by atoms with Crippen LogP contribution in [0.1, 0.15) is 12.0 Å². The molecule has 0 bridgehead atoms. The Morgan fingerprint density at radius 1 is 1.39 bits per heavy atom. The lowest BCUT2D eigenvalue weighted by Crippen LogP contribution is -2.26. The maximum absolute atomic E-state index is 11.6. The van der Waals surface area contributed by atoms with Gasteiger partial charge in [0.1, 0.15) is 16.7 Å². The number of thioether (sulfide) groups is 1. The highest BCUT2D eigenvalue weighted by molar-refractivity contribution is 8.15. The van der Waals surface area contributed by atoms with E-state index in [1.54, 1.807) is 18.2 Å². The Morgan fingerprint density at radius 2 is 2.04 bits per heavy atom. The average molecular weight is 337 g/mol. The van der Waals surface area contributed by atoms with Crippen LogP contribution in [0.5, 0.6) is 11.5 Å². The average Bonchev–Trinajstić information content (AvgIpc) is 2.86. The fraction of sp³-hybridized carbons (Fsp3) is 0.286. The first-order valence-electron chi connectivity index (χ1n) is 6.56. The first kappa shape index (κ1) is 16.8. The molecule has 8 nitrogen and oxygen atoms in total. The molecule has 1 unspecified atom stereocenters. The van der Waals surface area contributed by atoms with Gasteiger partial charge in [-0.25, -0.2) is 0 Å². The largest absolute Gasteiger partial charge is 0.496 e. The summed E-state index contributed by atoms with van der Waals surface area (Å²) in [7, 11) is 3.06. The number of benzene rings is 1. The number of hydrogen-bond donors (Lipinski definition) is 2. The van der Waals surface area contributed by atoms with E-state index in [2.05, 4.69) is 15.5 Å². The summed E-state index contributed by atoms with van der Waals surface area (Å²) in [6.45, 7) is 0. The Hall–Kier alpha value is -2.55. The molecule has 1 amide bonds. The quantitative estimate of drug-likeness (QED) is 0.594. The number of amidine groups is 1. The van der Waals surface area contributed by atoms with Gasteiger partial charge >= 0.3 is 5.97 Å². The van der Waals surface area contributed by atoms with Crippen molar-refractivity contribution in [1.82, 2.24) is 5.32 Å². The molecule has 1 fully saturated rings. The third kappa shape index (κ3) is 4.22. The van der Waals surface area contributed by atoms with Gasteiger partial charge in [-0.05, 0) is 12.1 Å². The topological polar surface area (TPSA) is 110 Å². The molecular formula is C14H15N3O5S. The molecule has 0 saturated carbocycles. The lowest BCUT2D eigenvalue weighted by atomic mass is 10.2. The molecule has 1 atom stereocenters. The van der Waals surface area contributed by atoms with Gasteiger partial charge < -0.3 is 19.9 Å². The van der Waals surface area contributed by atoms with Gasteiger partial charge in [-0.1, -0.05) is 17.8 Å². The minimum Gasteiger partial charge on any atom is -0.496 e. The van der Waals surface area contributed by atoms with Crippen molar-refractivity contribution in [2.45, 2.75) is 11.7 Å². The van der Waals surface area contributed by atoms with E-state index in [-0.39, 0.29) is 17.5 Å². The third-order valence-electron chi connectivity index (χ3n) is 2.94. The molecule has 122 valence electrons. The van der Waals surface area contributed by atoms with Crippen LogP contribution in [0.2, 0.25) is 0 Å². The molecule has 1 aromatic rings. The molecule has 2 rings (SSSR count). The molecule has 2 N–H and O–H groups in total. The number of nitrogens with zero attached hydrogens (tertiary/aromatic N) is 2. The van der Waals surface area contributed by atoms with Crippen LogP contribution in [-0.2, 0) is 9.59 Å². The highest BCUT2D eigenvalue weighted by atomic mass is 32.2. The molecule has 0 aromatic heterocycles. The molecule has 0 spiro atoms. The van der Waals surface area contributed by atoms with Crippen LogP contribution < -0.4 is 14.8 Å². The number of carboxylic acids is 1. The number of carbonyl (C=O) groups is 2. The number of rotatable bonds is 6. The molecule has 1 aliphatic rings. The van der Waals surface area contributed by atoms with Crippen molar-refractivity contribution in [2.75, 3.05) is 14.2 Å². The monoisotopic (exact) mass is 337 g/mol. The number of ether oxygens (including phenoxy) is 2. The van der Waals surface area contributed by atoms with E-state index in [1.165, 1.54) is 20.4 Å². The molecule has 0 radical (unpaired) electrons. The second kappa shape index (κ2) is 7.63.